The van der Waals surface area contributed by atoms with Crippen molar-refractivity contribution in [3.8, 4) is 0 Å². The van der Waals surface area contributed by atoms with E-state index in [1.54, 1.807) is 0 Å². The molecule has 0 radical (unpaired) electrons. The van der Waals surface area contributed by atoms with Gasteiger partial charge >= 0.3 is 0 Å². The van der Waals surface area contributed by atoms with Crippen LogP contribution in [-0.4, -0.2) is 4.98 Å². The third-order valence-electron chi connectivity index (χ3n) is 3.05. The van der Waals surface area contributed by atoms with Gasteiger partial charge in [-0.2, -0.15) is 0 Å². The molecule has 0 saturated heterocycles. The molecule has 0 unspecified atom stereocenters. The lowest BCUT2D eigenvalue weighted by atomic mass is 10.1. The Balaban J connectivity index is 1.93. The minimum atomic E-state index is 1.20. The molecular weight excluding hydrogens is 218 g/mol. The molecule has 2 aromatic carbocycles. The van der Waals surface area contributed by atoms with Crippen molar-refractivity contribution in [1.82, 2.24) is 4.98 Å². The van der Waals surface area contributed by atoms with Gasteiger partial charge in [-0.05, 0) is 35.6 Å². The Morgan fingerprint density at radius 1 is 0.833 bits per heavy atom. The van der Waals surface area contributed by atoms with Gasteiger partial charge in [-0.3, -0.25) is 0 Å². The standard InChI is InChI=1S/C17H15N/c1-13-11-16-10-9-15(12-17(16)18-13)8-7-14-5-3-2-4-6-14/h2-12,18H,1H3/b8-7+. The maximum absolute atomic E-state index is 3.36. The summed E-state index contributed by atoms with van der Waals surface area (Å²) in [6.45, 7) is 2.08. The van der Waals surface area contributed by atoms with Gasteiger partial charge < -0.3 is 4.98 Å². The van der Waals surface area contributed by atoms with Crippen LogP contribution in [0.5, 0.6) is 0 Å². The third-order valence-corrected chi connectivity index (χ3v) is 3.05. The summed E-state index contributed by atoms with van der Waals surface area (Å²) in [6.07, 6.45) is 4.28. The highest BCUT2D eigenvalue weighted by Gasteiger charge is 1.97. The van der Waals surface area contributed by atoms with E-state index in [-0.39, 0.29) is 0 Å². The summed E-state index contributed by atoms with van der Waals surface area (Å²) < 4.78 is 0. The van der Waals surface area contributed by atoms with Gasteiger partial charge in [0.15, 0.2) is 0 Å². The number of aromatic amines is 1. The van der Waals surface area contributed by atoms with Crippen LogP contribution in [0.4, 0.5) is 0 Å². The summed E-state index contributed by atoms with van der Waals surface area (Å²) in [5, 5.41) is 1.27. The van der Waals surface area contributed by atoms with Crippen molar-refractivity contribution in [2.45, 2.75) is 6.92 Å². The molecule has 3 aromatic rings. The summed E-state index contributed by atoms with van der Waals surface area (Å²) in [5.41, 5.74) is 4.84. The van der Waals surface area contributed by atoms with Gasteiger partial charge in [0.2, 0.25) is 0 Å². The average molecular weight is 233 g/mol. The number of rotatable bonds is 2. The highest BCUT2D eigenvalue weighted by atomic mass is 14.7. The molecule has 0 bridgehead atoms. The van der Waals surface area contributed by atoms with Crippen molar-refractivity contribution in [3.63, 3.8) is 0 Å². The Hall–Kier alpha value is -2.28. The number of hydrogen-bond acceptors (Lipinski definition) is 0. The van der Waals surface area contributed by atoms with Gasteiger partial charge in [-0.15, -0.1) is 0 Å². The second-order valence-corrected chi connectivity index (χ2v) is 4.54. The van der Waals surface area contributed by atoms with Crippen LogP contribution in [0.2, 0.25) is 0 Å². The van der Waals surface area contributed by atoms with Crippen molar-refractivity contribution in [1.29, 1.82) is 0 Å². The number of benzene rings is 2. The van der Waals surface area contributed by atoms with Crippen LogP contribution in [0.1, 0.15) is 16.8 Å². The molecule has 3 rings (SSSR count). The molecule has 1 N–H and O–H groups in total. The molecule has 0 spiro atoms. The third kappa shape index (κ3) is 2.21. The quantitative estimate of drug-likeness (QED) is 0.620. The van der Waals surface area contributed by atoms with Gasteiger partial charge in [-0.25, -0.2) is 0 Å². The summed E-state index contributed by atoms with van der Waals surface area (Å²) in [7, 11) is 0. The van der Waals surface area contributed by atoms with E-state index in [0.29, 0.717) is 0 Å². The molecule has 0 amide bonds. The first-order valence-electron chi connectivity index (χ1n) is 6.14. The summed E-state index contributed by atoms with van der Waals surface area (Å²) >= 11 is 0. The Bertz CT molecular complexity index is 690. The van der Waals surface area contributed by atoms with Crippen molar-refractivity contribution in [3.05, 3.63) is 71.4 Å². The normalized spacial score (nSPS) is 11.4. The first kappa shape index (κ1) is 10.8. The minimum absolute atomic E-state index is 1.20. The maximum atomic E-state index is 3.36. The molecule has 18 heavy (non-hydrogen) atoms. The highest BCUT2D eigenvalue weighted by molar-refractivity contribution is 5.84. The largest absolute Gasteiger partial charge is 0.359 e. The van der Waals surface area contributed by atoms with E-state index in [2.05, 4.69) is 72.6 Å². The van der Waals surface area contributed by atoms with Crippen LogP contribution in [-0.2, 0) is 0 Å². The molecule has 0 aliphatic heterocycles. The second-order valence-electron chi connectivity index (χ2n) is 4.54. The molecular formula is C17H15N. The second kappa shape index (κ2) is 4.53. The molecule has 1 aromatic heterocycles. The number of aryl methyl sites for hydroxylation is 1. The van der Waals surface area contributed by atoms with Crippen LogP contribution in [0.25, 0.3) is 23.1 Å². The van der Waals surface area contributed by atoms with E-state index in [1.165, 1.54) is 27.7 Å². The molecule has 88 valence electrons. The fraction of sp³-hybridized carbons (Fsp3) is 0.0588. The lowest BCUT2D eigenvalue weighted by Crippen LogP contribution is -1.74. The Morgan fingerprint density at radius 2 is 1.61 bits per heavy atom. The molecule has 0 atom stereocenters. The summed E-state index contributed by atoms with van der Waals surface area (Å²) in [6, 6.07) is 19.0. The predicted molar refractivity (Wildman–Crippen MR) is 78.4 cm³/mol. The van der Waals surface area contributed by atoms with Gasteiger partial charge in [0.25, 0.3) is 0 Å². The zero-order valence-electron chi connectivity index (χ0n) is 10.4. The van der Waals surface area contributed by atoms with Crippen molar-refractivity contribution < 1.29 is 0 Å². The van der Waals surface area contributed by atoms with Crippen LogP contribution < -0.4 is 0 Å². The first-order valence-corrected chi connectivity index (χ1v) is 6.14. The van der Waals surface area contributed by atoms with E-state index in [1.807, 2.05) is 6.07 Å². The summed E-state index contributed by atoms with van der Waals surface area (Å²) in [4.78, 5) is 3.36. The summed E-state index contributed by atoms with van der Waals surface area (Å²) in [5.74, 6) is 0. The number of H-pyrrole nitrogens is 1. The smallest absolute Gasteiger partial charge is 0.0462 e. The average Bonchev–Trinajstić information content (AvgIpc) is 2.77. The Labute approximate surface area is 107 Å². The van der Waals surface area contributed by atoms with Crippen molar-refractivity contribution in [2.24, 2.45) is 0 Å². The van der Waals surface area contributed by atoms with E-state index in [0.717, 1.165) is 0 Å². The number of aromatic nitrogens is 1. The van der Waals surface area contributed by atoms with E-state index < -0.39 is 0 Å². The minimum Gasteiger partial charge on any atom is -0.359 e. The zero-order chi connectivity index (χ0) is 12.4. The topological polar surface area (TPSA) is 15.8 Å². The fourth-order valence-electron chi connectivity index (χ4n) is 2.15. The lowest BCUT2D eigenvalue weighted by Gasteiger charge is -1.95. The van der Waals surface area contributed by atoms with Crippen molar-refractivity contribution in [2.75, 3.05) is 0 Å². The maximum Gasteiger partial charge on any atom is 0.0462 e. The van der Waals surface area contributed by atoms with Crippen LogP contribution in [0.3, 0.4) is 0 Å². The Morgan fingerprint density at radius 3 is 2.44 bits per heavy atom. The van der Waals surface area contributed by atoms with Gasteiger partial charge in [0.1, 0.15) is 0 Å². The molecule has 1 heteroatoms. The highest BCUT2D eigenvalue weighted by Crippen LogP contribution is 2.18. The molecule has 0 saturated carbocycles. The Kier molecular flexibility index (Phi) is 2.73. The molecule has 1 heterocycles. The van der Waals surface area contributed by atoms with E-state index in [4.69, 9.17) is 0 Å². The van der Waals surface area contributed by atoms with Crippen molar-refractivity contribution >= 4 is 23.1 Å². The first-order chi connectivity index (χ1) is 8.81. The zero-order valence-corrected chi connectivity index (χ0v) is 10.4. The fourth-order valence-corrected chi connectivity index (χ4v) is 2.15. The van der Waals surface area contributed by atoms with Gasteiger partial charge in [-0.1, -0.05) is 54.6 Å². The number of fused-ring (bicyclic) bond motifs is 1. The SMILES string of the molecule is Cc1cc2ccc(/C=C/c3ccccc3)cc2[nH]1. The predicted octanol–water partition coefficient (Wildman–Crippen LogP) is 4.65. The monoisotopic (exact) mass is 233 g/mol. The van der Waals surface area contributed by atoms with Gasteiger partial charge in [0, 0.05) is 11.2 Å². The van der Waals surface area contributed by atoms with Gasteiger partial charge in [0.05, 0.1) is 0 Å². The molecule has 0 fully saturated rings. The van der Waals surface area contributed by atoms with Crippen LogP contribution in [0, 0.1) is 6.92 Å². The van der Waals surface area contributed by atoms with Crippen LogP contribution >= 0.6 is 0 Å². The molecule has 0 aliphatic rings. The lowest BCUT2D eigenvalue weighted by molar-refractivity contribution is 1.30. The number of nitrogens with one attached hydrogen (secondary N) is 1. The van der Waals surface area contributed by atoms with E-state index >= 15 is 0 Å². The molecule has 1 nitrogen and oxygen atoms in total. The number of hydrogen-bond donors (Lipinski definition) is 1. The molecule has 0 aliphatic carbocycles. The van der Waals surface area contributed by atoms with E-state index in [9.17, 15) is 0 Å². The van der Waals surface area contributed by atoms with Crippen LogP contribution in [0.15, 0.2) is 54.6 Å².